The number of rotatable bonds is 5. The number of halogens is 1. The number of ether oxygens (including phenoxy) is 2. The van der Waals surface area contributed by atoms with Crippen molar-refractivity contribution in [2.75, 3.05) is 26.7 Å². The lowest BCUT2D eigenvalue weighted by Gasteiger charge is -2.23. The van der Waals surface area contributed by atoms with E-state index in [1.165, 1.54) is 0 Å². The van der Waals surface area contributed by atoms with Gasteiger partial charge in [0.05, 0.1) is 19.7 Å². The van der Waals surface area contributed by atoms with Gasteiger partial charge in [-0.25, -0.2) is 9.79 Å². The fourth-order valence-electron chi connectivity index (χ4n) is 3.18. The van der Waals surface area contributed by atoms with E-state index in [1.807, 2.05) is 39.8 Å². The van der Waals surface area contributed by atoms with E-state index in [4.69, 9.17) is 14.5 Å². The summed E-state index contributed by atoms with van der Waals surface area (Å²) in [6.45, 7) is 12.6. The van der Waals surface area contributed by atoms with Crippen LogP contribution in [0.4, 0.5) is 4.79 Å². The SMILES string of the molecule is CCNC(=NCc1ccc(OC)c(C)c1)N1CCC(NC(=O)OC(C)(C)C)C1.I. The molecule has 2 rings (SSSR count). The summed E-state index contributed by atoms with van der Waals surface area (Å²) >= 11 is 0. The zero-order chi connectivity index (χ0) is 20.7. The molecule has 0 radical (unpaired) electrons. The molecule has 0 saturated carbocycles. The van der Waals surface area contributed by atoms with Crippen molar-refractivity contribution in [2.45, 2.75) is 59.2 Å². The molecule has 8 heteroatoms. The number of nitrogens with one attached hydrogen (secondary N) is 2. The predicted molar refractivity (Wildman–Crippen MR) is 127 cm³/mol. The summed E-state index contributed by atoms with van der Waals surface area (Å²) in [5.74, 6) is 1.75. The third-order valence-corrected chi connectivity index (χ3v) is 4.41. The average molecular weight is 518 g/mol. The smallest absolute Gasteiger partial charge is 0.407 e. The Bertz CT molecular complexity index is 704. The van der Waals surface area contributed by atoms with Gasteiger partial charge in [0.15, 0.2) is 5.96 Å². The van der Waals surface area contributed by atoms with Gasteiger partial charge in [-0.3, -0.25) is 0 Å². The molecule has 1 aliphatic rings. The number of carbonyl (C=O) groups is 1. The molecule has 29 heavy (non-hydrogen) atoms. The predicted octanol–water partition coefficient (Wildman–Crippen LogP) is 3.69. The van der Waals surface area contributed by atoms with Gasteiger partial charge in [-0.1, -0.05) is 12.1 Å². The molecule has 1 fully saturated rings. The number of hydrogen-bond acceptors (Lipinski definition) is 4. The monoisotopic (exact) mass is 518 g/mol. The van der Waals surface area contributed by atoms with Crippen molar-refractivity contribution in [3.63, 3.8) is 0 Å². The first-order valence-corrected chi connectivity index (χ1v) is 9.88. The van der Waals surface area contributed by atoms with Gasteiger partial charge in [-0.15, -0.1) is 24.0 Å². The topological polar surface area (TPSA) is 75.2 Å². The quantitative estimate of drug-likeness (QED) is 0.354. The molecule has 164 valence electrons. The number of methoxy groups -OCH3 is 1. The van der Waals surface area contributed by atoms with E-state index in [-0.39, 0.29) is 36.1 Å². The number of hydrogen-bond donors (Lipinski definition) is 2. The van der Waals surface area contributed by atoms with Crippen molar-refractivity contribution in [1.82, 2.24) is 15.5 Å². The molecule has 1 aromatic rings. The van der Waals surface area contributed by atoms with Gasteiger partial charge in [0.1, 0.15) is 11.4 Å². The summed E-state index contributed by atoms with van der Waals surface area (Å²) in [4.78, 5) is 19.0. The molecule has 7 nitrogen and oxygen atoms in total. The Morgan fingerprint density at radius 3 is 2.66 bits per heavy atom. The number of benzene rings is 1. The lowest BCUT2D eigenvalue weighted by Crippen LogP contribution is -2.44. The molecule has 0 spiro atoms. The maximum atomic E-state index is 12.0. The number of nitrogens with zero attached hydrogens (tertiary/aromatic N) is 2. The lowest BCUT2D eigenvalue weighted by atomic mass is 10.1. The van der Waals surface area contributed by atoms with Crippen LogP contribution >= 0.6 is 24.0 Å². The first-order valence-electron chi connectivity index (χ1n) is 9.88. The Labute approximate surface area is 191 Å². The van der Waals surface area contributed by atoms with Crippen molar-refractivity contribution in [3.8, 4) is 5.75 Å². The van der Waals surface area contributed by atoms with Crippen molar-refractivity contribution < 1.29 is 14.3 Å². The minimum absolute atomic E-state index is 0. The zero-order valence-corrected chi connectivity index (χ0v) is 20.7. The molecule has 1 amide bonds. The molecule has 0 bridgehead atoms. The number of likely N-dealkylation sites (tertiary alicyclic amines) is 1. The van der Waals surface area contributed by atoms with Crippen LogP contribution in [0.1, 0.15) is 45.2 Å². The summed E-state index contributed by atoms with van der Waals surface area (Å²) in [5, 5.41) is 6.31. The molecular formula is C21H35IN4O3. The Morgan fingerprint density at radius 1 is 1.34 bits per heavy atom. The highest BCUT2D eigenvalue weighted by Crippen LogP contribution is 2.19. The Balaban J connectivity index is 0.00000420. The van der Waals surface area contributed by atoms with Gasteiger partial charge in [0.2, 0.25) is 0 Å². The summed E-state index contributed by atoms with van der Waals surface area (Å²) in [7, 11) is 1.68. The first kappa shape index (κ1) is 25.3. The van der Waals surface area contributed by atoms with Crippen LogP contribution in [0.3, 0.4) is 0 Å². The molecule has 2 N–H and O–H groups in total. The second-order valence-corrected chi connectivity index (χ2v) is 8.05. The number of alkyl carbamates (subject to hydrolysis) is 1. The van der Waals surface area contributed by atoms with E-state index in [0.717, 1.165) is 42.3 Å². The molecule has 1 atom stereocenters. The van der Waals surface area contributed by atoms with Crippen LogP contribution in [-0.2, 0) is 11.3 Å². The number of amides is 1. The third-order valence-electron chi connectivity index (χ3n) is 4.41. The summed E-state index contributed by atoms with van der Waals surface area (Å²) in [5.41, 5.74) is 1.74. The van der Waals surface area contributed by atoms with Gasteiger partial charge in [0, 0.05) is 19.6 Å². The van der Waals surface area contributed by atoms with Gasteiger partial charge in [0.25, 0.3) is 0 Å². The van der Waals surface area contributed by atoms with E-state index in [1.54, 1.807) is 7.11 Å². The molecule has 1 heterocycles. The van der Waals surface area contributed by atoms with Gasteiger partial charge >= 0.3 is 6.09 Å². The summed E-state index contributed by atoms with van der Waals surface area (Å²) in [6.07, 6.45) is 0.501. The highest BCUT2D eigenvalue weighted by Gasteiger charge is 2.27. The van der Waals surface area contributed by atoms with E-state index in [2.05, 4.69) is 28.5 Å². The fourth-order valence-corrected chi connectivity index (χ4v) is 3.18. The van der Waals surface area contributed by atoms with Crippen LogP contribution in [0.2, 0.25) is 0 Å². The highest BCUT2D eigenvalue weighted by molar-refractivity contribution is 14.0. The van der Waals surface area contributed by atoms with Crippen molar-refractivity contribution in [1.29, 1.82) is 0 Å². The fraction of sp³-hybridized carbons (Fsp3) is 0.619. The molecule has 1 aliphatic heterocycles. The Hall–Kier alpha value is -1.71. The number of carbonyl (C=O) groups excluding carboxylic acids is 1. The molecule has 1 saturated heterocycles. The van der Waals surface area contributed by atoms with E-state index in [9.17, 15) is 4.79 Å². The van der Waals surface area contributed by atoms with Crippen LogP contribution in [0.15, 0.2) is 23.2 Å². The van der Waals surface area contributed by atoms with Crippen LogP contribution in [0.5, 0.6) is 5.75 Å². The first-order chi connectivity index (χ1) is 13.2. The molecule has 0 aromatic heterocycles. The second kappa shape index (κ2) is 11.5. The molecule has 0 aliphatic carbocycles. The largest absolute Gasteiger partial charge is 0.496 e. The molecule has 1 unspecified atom stereocenters. The van der Waals surface area contributed by atoms with Crippen LogP contribution in [-0.4, -0.2) is 55.3 Å². The minimum Gasteiger partial charge on any atom is -0.496 e. The normalized spacial score (nSPS) is 16.8. The van der Waals surface area contributed by atoms with Gasteiger partial charge in [-0.2, -0.15) is 0 Å². The van der Waals surface area contributed by atoms with E-state index < -0.39 is 5.60 Å². The van der Waals surface area contributed by atoms with E-state index in [0.29, 0.717) is 13.1 Å². The van der Waals surface area contributed by atoms with Crippen LogP contribution in [0.25, 0.3) is 0 Å². The van der Waals surface area contributed by atoms with E-state index >= 15 is 0 Å². The van der Waals surface area contributed by atoms with Crippen LogP contribution < -0.4 is 15.4 Å². The Morgan fingerprint density at radius 2 is 2.07 bits per heavy atom. The van der Waals surface area contributed by atoms with Gasteiger partial charge in [-0.05, 0) is 58.2 Å². The average Bonchev–Trinajstić information content (AvgIpc) is 3.05. The van der Waals surface area contributed by atoms with Crippen molar-refractivity contribution >= 4 is 36.0 Å². The minimum atomic E-state index is -0.491. The zero-order valence-electron chi connectivity index (χ0n) is 18.4. The number of aryl methyl sites for hydroxylation is 1. The summed E-state index contributed by atoms with van der Waals surface area (Å²) < 4.78 is 10.7. The highest BCUT2D eigenvalue weighted by atomic mass is 127. The molecular weight excluding hydrogens is 483 g/mol. The molecule has 1 aromatic carbocycles. The maximum absolute atomic E-state index is 12.0. The van der Waals surface area contributed by atoms with Crippen LogP contribution in [0, 0.1) is 6.92 Å². The van der Waals surface area contributed by atoms with Gasteiger partial charge < -0.3 is 25.0 Å². The lowest BCUT2D eigenvalue weighted by molar-refractivity contribution is 0.0507. The number of guanidine groups is 1. The standard InChI is InChI=1S/C21H34N4O3.HI/c1-7-22-19(23-13-16-8-9-18(27-6)15(2)12-16)25-11-10-17(14-25)24-20(26)28-21(3,4)5;/h8-9,12,17H,7,10-11,13-14H2,1-6H3,(H,22,23)(H,24,26);1H. The summed E-state index contributed by atoms with van der Waals surface area (Å²) in [6, 6.07) is 6.17. The second-order valence-electron chi connectivity index (χ2n) is 8.05. The van der Waals surface area contributed by atoms with Crippen molar-refractivity contribution in [2.24, 2.45) is 4.99 Å². The van der Waals surface area contributed by atoms with Crippen molar-refractivity contribution in [3.05, 3.63) is 29.3 Å². The maximum Gasteiger partial charge on any atom is 0.407 e. The Kier molecular flexibility index (Phi) is 10.0. The third kappa shape index (κ3) is 8.28. The number of aliphatic imine (C=N–C) groups is 1.